The van der Waals surface area contributed by atoms with Gasteiger partial charge in [0.1, 0.15) is 5.78 Å². The van der Waals surface area contributed by atoms with Crippen LogP contribution in [0.3, 0.4) is 0 Å². The summed E-state index contributed by atoms with van der Waals surface area (Å²) < 4.78 is 0. The summed E-state index contributed by atoms with van der Waals surface area (Å²) in [6.45, 7) is 4.02. The summed E-state index contributed by atoms with van der Waals surface area (Å²) in [7, 11) is 2.13. The number of rotatable bonds is 1. The lowest BCUT2D eigenvalue weighted by atomic mass is 10.2. The summed E-state index contributed by atoms with van der Waals surface area (Å²) in [6, 6.07) is 0. The van der Waals surface area contributed by atoms with Gasteiger partial charge in [-0.15, -0.1) is 0 Å². The van der Waals surface area contributed by atoms with Gasteiger partial charge in [0, 0.05) is 19.0 Å². The molecular formula is C8H13NO. The van der Waals surface area contributed by atoms with Gasteiger partial charge in [-0.05, 0) is 25.8 Å². The second kappa shape index (κ2) is 1.82. The number of hydrogen-bond donors (Lipinski definition) is 0. The predicted molar refractivity (Wildman–Crippen MR) is 38.6 cm³/mol. The third-order valence-electron chi connectivity index (χ3n) is 2.85. The fourth-order valence-electron chi connectivity index (χ4n) is 2.34. The number of fused-ring (bicyclic) bond motifs is 1. The second-order valence-corrected chi connectivity index (χ2v) is 3.69. The second-order valence-electron chi connectivity index (χ2n) is 3.69. The zero-order chi connectivity index (χ0) is 7.30. The molecule has 0 aromatic heterocycles. The van der Waals surface area contributed by atoms with Crippen molar-refractivity contribution in [3.05, 3.63) is 0 Å². The summed E-state index contributed by atoms with van der Waals surface area (Å²) in [5.74, 6) is 2.30. The smallest absolute Gasteiger partial charge is 0.133 e. The van der Waals surface area contributed by atoms with Gasteiger partial charge in [-0.3, -0.25) is 4.79 Å². The molecule has 0 radical (unpaired) electrons. The van der Waals surface area contributed by atoms with Crippen molar-refractivity contribution in [3.63, 3.8) is 0 Å². The summed E-state index contributed by atoms with van der Waals surface area (Å²) >= 11 is 0. The van der Waals surface area contributed by atoms with Gasteiger partial charge in [-0.2, -0.15) is 0 Å². The van der Waals surface area contributed by atoms with Crippen LogP contribution in [0.25, 0.3) is 0 Å². The van der Waals surface area contributed by atoms with E-state index >= 15 is 0 Å². The first-order valence-corrected chi connectivity index (χ1v) is 3.89. The number of nitrogens with zero attached hydrogens (tertiary/aromatic N) is 1. The van der Waals surface area contributed by atoms with Gasteiger partial charge in [0.15, 0.2) is 0 Å². The van der Waals surface area contributed by atoms with E-state index in [9.17, 15) is 4.79 Å². The standard InChI is InChI=1S/C8H13NO/c1-5(10)8-6-3-9(2)4-7(6)8/h6-8H,3-4H2,1-2H3. The number of likely N-dealkylation sites (tertiary alicyclic amines) is 1. The third kappa shape index (κ3) is 0.717. The molecule has 1 aliphatic carbocycles. The minimum Gasteiger partial charge on any atom is -0.306 e. The van der Waals surface area contributed by atoms with E-state index in [1.54, 1.807) is 6.92 Å². The van der Waals surface area contributed by atoms with E-state index < -0.39 is 0 Å². The van der Waals surface area contributed by atoms with Crippen molar-refractivity contribution < 1.29 is 4.79 Å². The SMILES string of the molecule is CC(=O)C1C2CN(C)CC21. The average molecular weight is 139 g/mol. The largest absolute Gasteiger partial charge is 0.306 e. The van der Waals surface area contributed by atoms with Crippen LogP contribution < -0.4 is 0 Å². The molecule has 1 heterocycles. The lowest BCUT2D eigenvalue weighted by molar-refractivity contribution is -0.119. The van der Waals surface area contributed by atoms with Crippen molar-refractivity contribution in [3.8, 4) is 0 Å². The van der Waals surface area contributed by atoms with Crippen molar-refractivity contribution in [2.24, 2.45) is 17.8 Å². The van der Waals surface area contributed by atoms with E-state index in [-0.39, 0.29) is 0 Å². The molecule has 2 atom stereocenters. The Labute approximate surface area is 61.2 Å². The van der Waals surface area contributed by atoms with E-state index in [1.165, 1.54) is 0 Å². The normalized spacial score (nSPS) is 45.2. The van der Waals surface area contributed by atoms with Crippen LogP contribution in [0.2, 0.25) is 0 Å². The highest BCUT2D eigenvalue weighted by Crippen LogP contribution is 2.51. The van der Waals surface area contributed by atoms with Gasteiger partial charge in [0.2, 0.25) is 0 Å². The Morgan fingerprint density at radius 2 is 1.90 bits per heavy atom. The van der Waals surface area contributed by atoms with Crippen molar-refractivity contribution in [1.82, 2.24) is 4.90 Å². The first-order valence-electron chi connectivity index (χ1n) is 3.89. The van der Waals surface area contributed by atoms with E-state index in [0.29, 0.717) is 11.7 Å². The number of ketones is 1. The van der Waals surface area contributed by atoms with Crippen LogP contribution in [0.1, 0.15) is 6.92 Å². The molecule has 0 spiro atoms. The Kier molecular flexibility index (Phi) is 1.15. The topological polar surface area (TPSA) is 20.3 Å². The van der Waals surface area contributed by atoms with E-state index in [4.69, 9.17) is 0 Å². The Balaban J connectivity index is 1.98. The third-order valence-corrected chi connectivity index (χ3v) is 2.85. The number of hydrogen-bond acceptors (Lipinski definition) is 2. The predicted octanol–water partition coefficient (Wildman–Crippen LogP) is 0.383. The molecule has 1 aliphatic heterocycles. The fraction of sp³-hybridized carbons (Fsp3) is 0.875. The Morgan fingerprint density at radius 3 is 2.30 bits per heavy atom. The Hall–Kier alpha value is -0.370. The highest BCUT2D eigenvalue weighted by atomic mass is 16.1. The molecule has 2 nitrogen and oxygen atoms in total. The lowest BCUT2D eigenvalue weighted by Gasteiger charge is -2.10. The summed E-state index contributed by atoms with van der Waals surface area (Å²) in [5.41, 5.74) is 0. The lowest BCUT2D eigenvalue weighted by Crippen LogP contribution is -2.20. The van der Waals surface area contributed by atoms with Crippen LogP contribution in [-0.4, -0.2) is 30.8 Å². The molecule has 0 N–H and O–H groups in total. The Morgan fingerprint density at radius 1 is 1.40 bits per heavy atom. The van der Waals surface area contributed by atoms with Crippen LogP contribution in [-0.2, 0) is 4.79 Å². The van der Waals surface area contributed by atoms with Gasteiger partial charge in [-0.25, -0.2) is 0 Å². The molecule has 0 amide bonds. The molecule has 2 heteroatoms. The van der Waals surface area contributed by atoms with Crippen LogP contribution in [0.4, 0.5) is 0 Å². The summed E-state index contributed by atoms with van der Waals surface area (Å²) in [5, 5.41) is 0. The van der Waals surface area contributed by atoms with Gasteiger partial charge in [0.05, 0.1) is 0 Å². The first-order chi connectivity index (χ1) is 4.70. The maximum Gasteiger partial charge on any atom is 0.133 e. The van der Waals surface area contributed by atoms with Gasteiger partial charge in [-0.1, -0.05) is 0 Å². The molecular weight excluding hydrogens is 126 g/mol. The number of carbonyl (C=O) groups excluding carboxylic acids is 1. The molecule has 56 valence electrons. The highest BCUT2D eigenvalue weighted by molar-refractivity contribution is 5.82. The quantitative estimate of drug-likeness (QED) is 0.523. The van der Waals surface area contributed by atoms with Gasteiger partial charge in [0.25, 0.3) is 0 Å². The molecule has 1 saturated carbocycles. The monoisotopic (exact) mass is 139 g/mol. The minimum absolute atomic E-state index is 0.406. The van der Waals surface area contributed by atoms with Crippen LogP contribution in [0.15, 0.2) is 0 Å². The maximum absolute atomic E-state index is 10.9. The summed E-state index contributed by atoms with van der Waals surface area (Å²) in [4.78, 5) is 13.2. The van der Waals surface area contributed by atoms with Gasteiger partial charge < -0.3 is 4.90 Å². The maximum atomic E-state index is 10.9. The first kappa shape index (κ1) is 6.35. The Bertz CT molecular complexity index is 166. The number of Topliss-reactive ketones (excluding diaryl/α,β-unsaturated/α-hetero) is 1. The molecule has 1 saturated heterocycles. The number of carbonyl (C=O) groups is 1. The van der Waals surface area contributed by atoms with Crippen molar-refractivity contribution >= 4 is 5.78 Å². The van der Waals surface area contributed by atoms with Gasteiger partial charge >= 0.3 is 0 Å². The molecule has 2 aliphatic rings. The van der Waals surface area contributed by atoms with Crippen molar-refractivity contribution in [2.75, 3.05) is 20.1 Å². The highest BCUT2D eigenvalue weighted by Gasteiger charge is 2.56. The van der Waals surface area contributed by atoms with Crippen molar-refractivity contribution in [1.29, 1.82) is 0 Å². The average Bonchev–Trinajstić information content (AvgIpc) is 2.32. The van der Waals surface area contributed by atoms with E-state index in [0.717, 1.165) is 24.9 Å². The molecule has 2 unspecified atom stereocenters. The molecule has 0 aromatic carbocycles. The molecule has 2 fully saturated rings. The van der Waals surface area contributed by atoms with Crippen molar-refractivity contribution in [2.45, 2.75) is 6.92 Å². The zero-order valence-corrected chi connectivity index (χ0v) is 6.50. The molecule has 2 rings (SSSR count). The van der Waals surface area contributed by atoms with Crippen LogP contribution in [0, 0.1) is 17.8 Å². The van der Waals surface area contributed by atoms with Crippen LogP contribution >= 0.6 is 0 Å². The van der Waals surface area contributed by atoms with E-state index in [1.807, 2.05) is 0 Å². The minimum atomic E-state index is 0.406. The molecule has 0 aromatic rings. The fourth-order valence-corrected chi connectivity index (χ4v) is 2.34. The summed E-state index contributed by atoms with van der Waals surface area (Å²) in [6.07, 6.45) is 0. The number of piperidine rings is 1. The van der Waals surface area contributed by atoms with E-state index in [2.05, 4.69) is 11.9 Å². The molecule has 0 bridgehead atoms. The molecule has 10 heavy (non-hydrogen) atoms. The zero-order valence-electron chi connectivity index (χ0n) is 6.50. The van der Waals surface area contributed by atoms with Crippen LogP contribution in [0.5, 0.6) is 0 Å².